The summed E-state index contributed by atoms with van der Waals surface area (Å²) in [5, 5.41) is 36.4. The van der Waals surface area contributed by atoms with Crippen molar-refractivity contribution >= 4 is 89.6 Å². The van der Waals surface area contributed by atoms with Gasteiger partial charge in [-0.3, -0.25) is 59.4 Å². The van der Waals surface area contributed by atoms with Crippen LogP contribution >= 0.6 is 0 Å². The average Bonchev–Trinajstić information content (AvgIpc) is 1.79. The van der Waals surface area contributed by atoms with E-state index in [-0.39, 0.29) is 122 Å². The first-order chi connectivity index (χ1) is 53.5. The Bertz CT molecular complexity index is 4180. The quantitative estimate of drug-likeness (QED) is 0.0476. The molecule has 3 saturated heterocycles. The number of aryl methyl sites for hydroxylation is 3. The fraction of sp³-hybridized carbons (Fsp3) is 0.462. The van der Waals surface area contributed by atoms with Crippen molar-refractivity contribution in [3.8, 4) is 35.5 Å². The van der Waals surface area contributed by atoms with Gasteiger partial charge in [-0.1, -0.05) is 20.8 Å². The summed E-state index contributed by atoms with van der Waals surface area (Å²) in [6, 6.07) is 14.8. The van der Waals surface area contributed by atoms with Crippen LogP contribution in [0.5, 0.6) is 17.2 Å². The number of pyridine rings is 6. The third kappa shape index (κ3) is 19.9. The van der Waals surface area contributed by atoms with Crippen molar-refractivity contribution in [3.05, 3.63) is 122 Å². The van der Waals surface area contributed by atoms with E-state index in [4.69, 9.17) is 28.4 Å². The second-order valence-electron chi connectivity index (χ2n) is 28.0. The van der Waals surface area contributed by atoms with Gasteiger partial charge < -0.3 is 43.1 Å². The van der Waals surface area contributed by atoms with E-state index in [2.05, 4.69) is 45.9 Å². The highest BCUT2D eigenvalue weighted by molar-refractivity contribution is 6.04. The molecule has 6 aromatic heterocycles. The van der Waals surface area contributed by atoms with E-state index in [1.165, 1.54) is 51.5 Å². The monoisotopic (exact) mass is 1520 g/mol. The molecule has 3 N–H and O–H groups in total. The molecule has 33 nitrogen and oxygen atoms in total. The lowest BCUT2D eigenvalue weighted by molar-refractivity contribution is -0.131. The van der Waals surface area contributed by atoms with Crippen LogP contribution in [-0.2, 0) is 67.5 Å². The maximum absolute atomic E-state index is 13.2. The summed E-state index contributed by atoms with van der Waals surface area (Å²) in [5.74, 6) is 2.90. The molecule has 582 valence electrons. The minimum atomic E-state index is -0.463. The molecule has 0 saturated carbocycles. The van der Waals surface area contributed by atoms with E-state index in [9.17, 15) is 58.9 Å². The highest BCUT2D eigenvalue weighted by Crippen LogP contribution is 2.35. The van der Waals surface area contributed by atoms with Crippen LogP contribution in [0.15, 0.2) is 55.0 Å². The van der Waals surface area contributed by atoms with E-state index < -0.39 is 18.1 Å². The van der Waals surface area contributed by atoms with Crippen molar-refractivity contribution in [3.63, 3.8) is 0 Å². The molecule has 33 heteroatoms. The van der Waals surface area contributed by atoms with Crippen LogP contribution in [0.25, 0.3) is 0 Å². The van der Waals surface area contributed by atoms with Crippen LogP contribution in [0.3, 0.4) is 0 Å². The number of rotatable bonds is 24. The van der Waals surface area contributed by atoms with Gasteiger partial charge in [0.05, 0.1) is 38.4 Å². The normalized spacial score (nSPS) is 17.7. The van der Waals surface area contributed by atoms with Crippen LogP contribution in [0.2, 0.25) is 0 Å². The molecule has 6 aliphatic heterocycles. The van der Waals surface area contributed by atoms with Crippen LogP contribution in [0, 0.1) is 51.7 Å². The summed E-state index contributed by atoms with van der Waals surface area (Å²) < 4.78 is 32.6. The first-order valence-corrected chi connectivity index (χ1v) is 36.8. The zero-order valence-corrected chi connectivity index (χ0v) is 63.6. The average molecular weight is 1520 g/mol. The van der Waals surface area contributed by atoms with Crippen LogP contribution in [0.1, 0.15) is 162 Å². The van der Waals surface area contributed by atoms with Gasteiger partial charge in [0.25, 0.3) is 0 Å². The van der Waals surface area contributed by atoms with Crippen LogP contribution in [0.4, 0.5) is 49.3 Å². The molecule has 9 amide bonds. The number of aldehydes is 3. The van der Waals surface area contributed by atoms with Crippen molar-refractivity contribution in [1.82, 2.24) is 44.6 Å². The second-order valence-corrected chi connectivity index (χ2v) is 28.0. The number of ether oxygens (including phenoxy) is 6. The van der Waals surface area contributed by atoms with Gasteiger partial charge in [0, 0.05) is 133 Å². The minimum Gasteiger partial charge on any atom is -0.487 e. The number of fused-ring (bicyclic) bond motifs is 3. The highest BCUT2D eigenvalue weighted by Gasteiger charge is 2.35. The Morgan fingerprint density at radius 1 is 0.459 bits per heavy atom. The molecule has 0 aliphatic carbocycles. The summed E-state index contributed by atoms with van der Waals surface area (Å²) in [6.45, 7) is 16.3. The molecule has 6 atom stereocenters. The number of carbonyl (C=O) groups is 9. The van der Waals surface area contributed by atoms with Gasteiger partial charge in [-0.2, -0.15) is 15.8 Å². The number of anilines is 6. The molecule has 1 unspecified atom stereocenters. The Hall–Kier alpha value is -12.1. The maximum atomic E-state index is 13.2. The number of nitriles is 3. The van der Waals surface area contributed by atoms with E-state index in [1.807, 2.05) is 57.2 Å². The van der Waals surface area contributed by atoms with Gasteiger partial charge in [-0.25, -0.2) is 44.3 Å². The molecule has 0 radical (unpaired) electrons. The van der Waals surface area contributed by atoms with Crippen LogP contribution < -0.4 is 44.9 Å². The number of likely N-dealkylation sites (tertiary alicyclic amines) is 3. The fourth-order valence-electron chi connectivity index (χ4n) is 13.8. The fourth-order valence-corrected chi connectivity index (χ4v) is 13.8. The first kappa shape index (κ1) is 81.4. The van der Waals surface area contributed by atoms with Crippen molar-refractivity contribution in [2.75, 3.05) is 111 Å². The number of nitrogens with one attached hydrogen (secondary N) is 3. The molecule has 3 fully saturated rings. The predicted octanol–water partition coefficient (Wildman–Crippen LogP) is 8.78. The van der Waals surface area contributed by atoms with E-state index in [1.54, 1.807) is 56.8 Å². The van der Waals surface area contributed by atoms with Crippen molar-refractivity contribution < 1.29 is 71.6 Å². The topological polar surface area (TPSA) is 413 Å². The number of aromatic nitrogens is 6. The van der Waals surface area contributed by atoms with Crippen molar-refractivity contribution in [2.45, 2.75) is 137 Å². The van der Waals surface area contributed by atoms with Gasteiger partial charge in [0.2, 0.25) is 17.7 Å². The molecule has 111 heavy (non-hydrogen) atoms. The van der Waals surface area contributed by atoms with Crippen molar-refractivity contribution in [2.24, 2.45) is 17.8 Å². The molecular formula is C78H90N18O15. The highest BCUT2D eigenvalue weighted by atomic mass is 16.5. The number of amides is 9. The zero-order chi connectivity index (χ0) is 79.6. The zero-order valence-electron chi connectivity index (χ0n) is 63.6. The van der Waals surface area contributed by atoms with Gasteiger partial charge in [-0.15, -0.1) is 0 Å². The Labute approximate surface area is 642 Å². The summed E-state index contributed by atoms with van der Waals surface area (Å²) in [7, 11) is 4.66. The summed E-state index contributed by atoms with van der Waals surface area (Å²) in [4.78, 5) is 148. The predicted molar refractivity (Wildman–Crippen MR) is 403 cm³/mol. The maximum Gasteiger partial charge on any atom is 0.328 e. The third-order valence-electron chi connectivity index (χ3n) is 19.5. The van der Waals surface area contributed by atoms with Gasteiger partial charge in [0.1, 0.15) is 122 Å². The molecule has 0 spiro atoms. The lowest BCUT2D eigenvalue weighted by Gasteiger charge is -2.29. The summed E-state index contributed by atoms with van der Waals surface area (Å²) in [6.07, 6.45) is 11.7. The molecular weight excluding hydrogens is 1430 g/mol. The lowest BCUT2D eigenvalue weighted by atomic mass is 10.0. The van der Waals surface area contributed by atoms with Gasteiger partial charge in [0.15, 0.2) is 18.9 Å². The molecule has 6 aliphatic rings. The number of carbonyl (C=O) groups excluding carboxylic acids is 9. The summed E-state index contributed by atoms with van der Waals surface area (Å²) in [5.41, 5.74) is 5.91. The van der Waals surface area contributed by atoms with Gasteiger partial charge in [-0.05, 0) is 113 Å². The molecule has 6 aromatic rings. The lowest BCUT2D eigenvalue weighted by Crippen LogP contribution is -2.40. The number of nitrogens with zero attached hydrogens (tertiary/aromatic N) is 15. The SMILES string of the molecule is COC[C@@H](C)Oc1cc(NC(=O)N2CCCc3cc(CN4CCC(C)C4=O)c(C=O)nc32)ncc1C#N.COC[C@@H](C)Oc1cc(NC(=O)N2CCCc3cc(CN4CC[C@@H](C)C4=O)c(C=O)nc32)ncc1C#N.COC[C@@H](C)Oc1cc(NC(=O)N2CCCc3cc(CN4CC[C@H](C)C4=O)c(C=O)nc32)ncc1C#N. The second kappa shape index (κ2) is 37.8. The molecule has 0 bridgehead atoms. The summed E-state index contributed by atoms with van der Waals surface area (Å²) >= 11 is 0. The Kier molecular flexibility index (Phi) is 27.7. The Balaban J connectivity index is 0.000000177. The van der Waals surface area contributed by atoms with E-state index in [0.29, 0.717) is 170 Å². The third-order valence-corrected chi connectivity index (χ3v) is 19.5. The number of urea groups is 3. The number of hydrogen-bond acceptors (Lipinski definition) is 24. The minimum absolute atomic E-state index is 0.0191. The van der Waals surface area contributed by atoms with Crippen LogP contribution in [-0.4, -0.2) is 198 Å². The largest absolute Gasteiger partial charge is 0.487 e. The molecule has 12 rings (SSSR count). The molecule has 0 aromatic carbocycles. The standard InChI is InChI=1S/3C26H30N6O5/c3*1-16-6-8-31(25(16)34)13-19-9-18-5-4-7-32(24(18)29-21(19)14-33)26(35)30-23-10-22(20(11-27)12-28-23)37-17(2)15-36-3/h3*9-10,12,14,16-17H,4-8,13,15H2,1-3H3,(H,28,30,35)/t16?,17-;16-,17+;16-,17-/m101/s1. The van der Waals surface area contributed by atoms with E-state index in [0.717, 1.165) is 36.0 Å². The smallest absolute Gasteiger partial charge is 0.328 e. The van der Waals surface area contributed by atoms with Gasteiger partial charge >= 0.3 is 18.1 Å². The van der Waals surface area contributed by atoms with Crippen molar-refractivity contribution in [1.29, 1.82) is 15.8 Å². The molecule has 12 heterocycles. The number of methoxy groups -OCH3 is 3. The Morgan fingerprint density at radius 2 is 0.730 bits per heavy atom. The Morgan fingerprint density at radius 3 is 0.955 bits per heavy atom. The first-order valence-electron chi connectivity index (χ1n) is 36.8. The number of hydrogen-bond donors (Lipinski definition) is 3. The van der Waals surface area contributed by atoms with E-state index >= 15 is 0 Å².